The number of fused-ring (bicyclic) bond motifs is 1. The van der Waals surface area contributed by atoms with E-state index in [1.165, 1.54) is 5.56 Å². The predicted octanol–water partition coefficient (Wildman–Crippen LogP) is 3.92. The summed E-state index contributed by atoms with van der Waals surface area (Å²) < 4.78 is 5.52. The zero-order valence-corrected chi connectivity index (χ0v) is 10.0. The molecule has 3 rings (SSSR count). The van der Waals surface area contributed by atoms with Gasteiger partial charge in [-0.25, -0.2) is 4.98 Å². The normalized spacial score (nSPS) is 10.9. The highest BCUT2D eigenvalue weighted by molar-refractivity contribution is 7.79. The Morgan fingerprint density at radius 2 is 1.82 bits per heavy atom. The van der Waals surface area contributed by atoms with Gasteiger partial charge < -0.3 is 4.42 Å². The van der Waals surface area contributed by atoms with Crippen LogP contribution < -0.4 is 0 Å². The van der Waals surface area contributed by atoms with Crippen LogP contribution in [0.25, 0.3) is 22.2 Å². The van der Waals surface area contributed by atoms with Crippen LogP contribution in [0, 0.1) is 0 Å². The SMILES string of the molecule is SCc1nc2cc(-c3ccccc3)ccc2o1. The maximum atomic E-state index is 5.52. The average Bonchev–Trinajstić information content (AvgIpc) is 2.81. The Morgan fingerprint density at radius 3 is 2.59 bits per heavy atom. The summed E-state index contributed by atoms with van der Waals surface area (Å²) in [6, 6.07) is 16.3. The van der Waals surface area contributed by atoms with Gasteiger partial charge in [-0.2, -0.15) is 12.6 Å². The van der Waals surface area contributed by atoms with Crippen molar-refractivity contribution >= 4 is 23.7 Å². The van der Waals surface area contributed by atoms with Crippen LogP contribution in [0.4, 0.5) is 0 Å². The van der Waals surface area contributed by atoms with E-state index in [0.717, 1.165) is 16.7 Å². The molecule has 84 valence electrons. The lowest BCUT2D eigenvalue weighted by Gasteiger charge is -1.99. The molecule has 0 unspecified atom stereocenters. The molecule has 0 spiro atoms. The summed E-state index contributed by atoms with van der Waals surface area (Å²) in [5.74, 6) is 1.18. The van der Waals surface area contributed by atoms with Crippen molar-refractivity contribution in [3.8, 4) is 11.1 Å². The molecular weight excluding hydrogens is 230 g/mol. The molecule has 0 aliphatic heterocycles. The summed E-state index contributed by atoms with van der Waals surface area (Å²) >= 11 is 4.16. The topological polar surface area (TPSA) is 26.0 Å². The zero-order chi connectivity index (χ0) is 11.7. The van der Waals surface area contributed by atoms with Gasteiger partial charge in [0.2, 0.25) is 5.89 Å². The van der Waals surface area contributed by atoms with Gasteiger partial charge in [-0.05, 0) is 23.3 Å². The molecule has 0 aliphatic carbocycles. The molecule has 0 N–H and O–H groups in total. The van der Waals surface area contributed by atoms with Crippen LogP contribution in [0.3, 0.4) is 0 Å². The van der Waals surface area contributed by atoms with Crippen molar-refractivity contribution < 1.29 is 4.42 Å². The van der Waals surface area contributed by atoms with E-state index in [1.54, 1.807) is 0 Å². The summed E-state index contributed by atoms with van der Waals surface area (Å²) in [6.07, 6.45) is 0. The molecule has 2 aromatic carbocycles. The largest absolute Gasteiger partial charge is 0.440 e. The third-order valence-corrected chi connectivity index (χ3v) is 2.94. The van der Waals surface area contributed by atoms with Crippen molar-refractivity contribution in [1.82, 2.24) is 4.98 Å². The van der Waals surface area contributed by atoms with Gasteiger partial charge in [0.1, 0.15) is 5.52 Å². The van der Waals surface area contributed by atoms with E-state index < -0.39 is 0 Å². The third-order valence-electron chi connectivity index (χ3n) is 2.67. The second kappa shape index (κ2) is 4.26. The fourth-order valence-corrected chi connectivity index (χ4v) is 1.99. The number of thiol groups is 1. The molecule has 0 saturated carbocycles. The van der Waals surface area contributed by atoms with Gasteiger partial charge in [0.25, 0.3) is 0 Å². The fourth-order valence-electron chi connectivity index (χ4n) is 1.85. The zero-order valence-electron chi connectivity index (χ0n) is 9.13. The Balaban J connectivity index is 2.13. The van der Waals surface area contributed by atoms with Crippen LogP contribution in [0.2, 0.25) is 0 Å². The van der Waals surface area contributed by atoms with E-state index in [-0.39, 0.29) is 0 Å². The van der Waals surface area contributed by atoms with E-state index in [4.69, 9.17) is 4.42 Å². The Hall–Kier alpha value is -1.74. The number of aromatic nitrogens is 1. The minimum absolute atomic E-state index is 0.523. The predicted molar refractivity (Wildman–Crippen MR) is 72.1 cm³/mol. The average molecular weight is 241 g/mol. The molecule has 1 heterocycles. The van der Waals surface area contributed by atoms with Crippen LogP contribution in [0.15, 0.2) is 52.9 Å². The molecule has 0 bridgehead atoms. The molecule has 0 amide bonds. The van der Waals surface area contributed by atoms with Crippen LogP contribution in [0.1, 0.15) is 5.89 Å². The Kier molecular flexibility index (Phi) is 2.61. The number of hydrogen-bond acceptors (Lipinski definition) is 3. The first-order valence-corrected chi connectivity index (χ1v) is 6.06. The van der Waals surface area contributed by atoms with Crippen LogP contribution >= 0.6 is 12.6 Å². The van der Waals surface area contributed by atoms with Gasteiger partial charge >= 0.3 is 0 Å². The molecule has 3 aromatic rings. The van der Waals surface area contributed by atoms with E-state index in [9.17, 15) is 0 Å². The fraction of sp³-hybridized carbons (Fsp3) is 0.0714. The first kappa shape index (κ1) is 10.4. The summed E-state index contributed by atoms with van der Waals surface area (Å²) in [5.41, 5.74) is 4.03. The molecular formula is C14H11NOS. The second-order valence-electron chi connectivity index (χ2n) is 3.81. The lowest BCUT2D eigenvalue weighted by Crippen LogP contribution is -1.77. The van der Waals surface area contributed by atoms with Gasteiger partial charge in [0.05, 0.1) is 5.75 Å². The number of nitrogens with zero attached hydrogens (tertiary/aromatic N) is 1. The Labute approximate surface area is 105 Å². The number of rotatable bonds is 2. The molecule has 0 atom stereocenters. The molecule has 0 fully saturated rings. The first-order valence-electron chi connectivity index (χ1n) is 5.42. The van der Waals surface area contributed by atoms with Gasteiger partial charge in [-0.3, -0.25) is 0 Å². The highest BCUT2D eigenvalue weighted by Gasteiger charge is 2.05. The molecule has 1 aromatic heterocycles. The van der Waals surface area contributed by atoms with Crippen LogP contribution in [-0.4, -0.2) is 4.98 Å². The van der Waals surface area contributed by atoms with Crippen molar-refractivity contribution in [1.29, 1.82) is 0 Å². The molecule has 0 aliphatic rings. The van der Waals surface area contributed by atoms with Crippen molar-refractivity contribution in [3.05, 3.63) is 54.4 Å². The van der Waals surface area contributed by atoms with Crippen molar-refractivity contribution in [2.45, 2.75) is 5.75 Å². The summed E-state index contributed by atoms with van der Waals surface area (Å²) in [4.78, 5) is 4.37. The van der Waals surface area contributed by atoms with Crippen molar-refractivity contribution in [2.24, 2.45) is 0 Å². The lowest BCUT2D eigenvalue weighted by molar-refractivity contribution is 0.556. The van der Waals surface area contributed by atoms with Gasteiger partial charge in [0, 0.05) is 0 Å². The first-order chi connectivity index (χ1) is 8.36. The number of oxazole rings is 1. The van der Waals surface area contributed by atoms with E-state index in [0.29, 0.717) is 11.6 Å². The third kappa shape index (κ3) is 1.94. The van der Waals surface area contributed by atoms with Crippen molar-refractivity contribution in [3.63, 3.8) is 0 Å². The number of benzene rings is 2. The van der Waals surface area contributed by atoms with E-state index in [1.807, 2.05) is 36.4 Å². The Morgan fingerprint density at radius 1 is 1.00 bits per heavy atom. The quantitative estimate of drug-likeness (QED) is 0.688. The molecule has 2 nitrogen and oxygen atoms in total. The van der Waals surface area contributed by atoms with E-state index in [2.05, 4.69) is 29.7 Å². The Bertz CT molecular complexity index is 646. The molecule has 3 heteroatoms. The molecule has 0 saturated heterocycles. The molecule has 17 heavy (non-hydrogen) atoms. The summed E-state index contributed by atoms with van der Waals surface area (Å²) in [6.45, 7) is 0. The maximum Gasteiger partial charge on any atom is 0.205 e. The van der Waals surface area contributed by atoms with E-state index >= 15 is 0 Å². The standard InChI is InChI=1S/C14H11NOS/c17-9-14-15-12-8-11(6-7-13(12)16-14)10-4-2-1-3-5-10/h1-8,17H,9H2. The maximum absolute atomic E-state index is 5.52. The minimum atomic E-state index is 0.523. The lowest BCUT2D eigenvalue weighted by atomic mass is 10.1. The summed E-state index contributed by atoms with van der Waals surface area (Å²) in [7, 11) is 0. The van der Waals surface area contributed by atoms with Crippen LogP contribution in [-0.2, 0) is 5.75 Å². The van der Waals surface area contributed by atoms with Crippen LogP contribution in [0.5, 0.6) is 0 Å². The van der Waals surface area contributed by atoms with Crippen molar-refractivity contribution in [2.75, 3.05) is 0 Å². The highest BCUT2D eigenvalue weighted by atomic mass is 32.1. The summed E-state index contributed by atoms with van der Waals surface area (Å²) in [5, 5.41) is 0. The second-order valence-corrected chi connectivity index (χ2v) is 4.13. The van der Waals surface area contributed by atoms with Gasteiger partial charge in [-0.15, -0.1) is 0 Å². The minimum Gasteiger partial charge on any atom is -0.440 e. The van der Waals surface area contributed by atoms with Gasteiger partial charge in [0.15, 0.2) is 5.58 Å². The number of hydrogen-bond donors (Lipinski definition) is 1. The smallest absolute Gasteiger partial charge is 0.205 e. The highest BCUT2D eigenvalue weighted by Crippen LogP contribution is 2.24. The van der Waals surface area contributed by atoms with Gasteiger partial charge in [-0.1, -0.05) is 36.4 Å². The molecule has 0 radical (unpaired) electrons. The monoisotopic (exact) mass is 241 g/mol.